The van der Waals surface area contributed by atoms with Gasteiger partial charge < -0.3 is 5.11 Å². The lowest BCUT2D eigenvalue weighted by molar-refractivity contribution is 0.224. The van der Waals surface area contributed by atoms with Crippen molar-refractivity contribution < 1.29 is 5.11 Å². The van der Waals surface area contributed by atoms with Gasteiger partial charge in [-0.3, -0.25) is 4.68 Å². The monoisotopic (exact) mass is 286 g/mol. The summed E-state index contributed by atoms with van der Waals surface area (Å²) >= 11 is 0. The first-order chi connectivity index (χ1) is 10.1. The van der Waals surface area contributed by atoms with E-state index in [1.807, 2.05) is 10.9 Å². The molecule has 0 spiro atoms. The molecular weight excluding hydrogens is 260 g/mol. The summed E-state index contributed by atoms with van der Waals surface area (Å²) in [6, 6.07) is 11.1. The number of aliphatic hydroxyl groups excluding tert-OH is 1. The minimum atomic E-state index is 0.198. The standard InChI is InChI=1S/C18H26N2O/c1-4-15(3)20-10-9-18(19-20)12-17(13-21)11-16-7-5-14(2)6-8-16/h5-10,15,17,21H,4,11-13H2,1-3H3. The van der Waals surface area contributed by atoms with Gasteiger partial charge in [-0.2, -0.15) is 5.10 Å². The van der Waals surface area contributed by atoms with Crippen molar-refractivity contribution >= 4 is 0 Å². The van der Waals surface area contributed by atoms with Crippen molar-refractivity contribution in [1.29, 1.82) is 0 Å². The van der Waals surface area contributed by atoms with Crippen LogP contribution in [-0.4, -0.2) is 21.5 Å². The van der Waals surface area contributed by atoms with Gasteiger partial charge >= 0.3 is 0 Å². The van der Waals surface area contributed by atoms with Gasteiger partial charge in [0, 0.05) is 18.8 Å². The molecular formula is C18H26N2O. The van der Waals surface area contributed by atoms with Crippen LogP contribution in [0.15, 0.2) is 36.5 Å². The second kappa shape index (κ2) is 7.41. The van der Waals surface area contributed by atoms with Gasteiger partial charge in [0.1, 0.15) is 0 Å². The van der Waals surface area contributed by atoms with E-state index in [4.69, 9.17) is 0 Å². The van der Waals surface area contributed by atoms with Gasteiger partial charge in [0.2, 0.25) is 0 Å². The Balaban J connectivity index is 1.98. The van der Waals surface area contributed by atoms with Gasteiger partial charge in [0.05, 0.1) is 5.69 Å². The number of aryl methyl sites for hydroxylation is 1. The Morgan fingerprint density at radius 1 is 1.14 bits per heavy atom. The molecule has 21 heavy (non-hydrogen) atoms. The van der Waals surface area contributed by atoms with Crippen LogP contribution >= 0.6 is 0 Å². The first-order valence-electron chi connectivity index (χ1n) is 7.82. The predicted octanol–water partition coefficient (Wildman–Crippen LogP) is 3.56. The van der Waals surface area contributed by atoms with E-state index >= 15 is 0 Å². The van der Waals surface area contributed by atoms with Crippen molar-refractivity contribution in [3.63, 3.8) is 0 Å². The Labute approximate surface area is 127 Å². The number of rotatable bonds is 7. The largest absolute Gasteiger partial charge is 0.396 e. The van der Waals surface area contributed by atoms with Crippen LogP contribution in [0.3, 0.4) is 0 Å². The molecule has 1 aromatic carbocycles. The van der Waals surface area contributed by atoms with Crippen LogP contribution in [0.4, 0.5) is 0 Å². The van der Waals surface area contributed by atoms with Crippen molar-refractivity contribution in [3.8, 4) is 0 Å². The maximum atomic E-state index is 9.63. The summed E-state index contributed by atoms with van der Waals surface area (Å²) in [6.07, 6.45) is 4.85. The molecule has 0 amide bonds. The third-order valence-electron chi connectivity index (χ3n) is 4.11. The van der Waals surface area contributed by atoms with E-state index < -0.39 is 0 Å². The number of hydrogen-bond acceptors (Lipinski definition) is 2. The van der Waals surface area contributed by atoms with Gasteiger partial charge in [0.25, 0.3) is 0 Å². The molecule has 0 saturated carbocycles. The lowest BCUT2D eigenvalue weighted by Gasteiger charge is -2.13. The van der Waals surface area contributed by atoms with E-state index in [-0.39, 0.29) is 12.5 Å². The summed E-state index contributed by atoms with van der Waals surface area (Å²) in [5, 5.41) is 14.3. The number of aromatic nitrogens is 2. The van der Waals surface area contributed by atoms with Gasteiger partial charge in [-0.15, -0.1) is 0 Å². The van der Waals surface area contributed by atoms with Crippen molar-refractivity contribution in [1.82, 2.24) is 9.78 Å². The van der Waals surface area contributed by atoms with E-state index in [2.05, 4.69) is 56.2 Å². The van der Waals surface area contributed by atoms with Crippen molar-refractivity contribution in [2.24, 2.45) is 5.92 Å². The molecule has 1 heterocycles. The van der Waals surface area contributed by atoms with Crippen LogP contribution in [0.5, 0.6) is 0 Å². The predicted molar refractivity (Wildman–Crippen MR) is 86.4 cm³/mol. The van der Waals surface area contributed by atoms with Gasteiger partial charge in [0.15, 0.2) is 0 Å². The van der Waals surface area contributed by atoms with E-state index in [1.165, 1.54) is 11.1 Å². The highest BCUT2D eigenvalue weighted by molar-refractivity contribution is 5.22. The normalized spacial score (nSPS) is 14.1. The quantitative estimate of drug-likeness (QED) is 0.845. The molecule has 0 aliphatic carbocycles. The lowest BCUT2D eigenvalue weighted by atomic mass is 9.95. The fraction of sp³-hybridized carbons (Fsp3) is 0.500. The molecule has 0 radical (unpaired) electrons. The Morgan fingerprint density at radius 2 is 1.86 bits per heavy atom. The minimum Gasteiger partial charge on any atom is -0.396 e. The molecule has 0 aliphatic rings. The Hall–Kier alpha value is -1.61. The summed E-state index contributed by atoms with van der Waals surface area (Å²) in [5.74, 6) is 0.230. The highest BCUT2D eigenvalue weighted by Crippen LogP contribution is 2.16. The van der Waals surface area contributed by atoms with Crippen molar-refractivity contribution in [2.45, 2.75) is 46.1 Å². The molecule has 0 bridgehead atoms. The number of nitrogens with zero attached hydrogens (tertiary/aromatic N) is 2. The molecule has 2 unspecified atom stereocenters. The van der Waals surface area contributed by atoms with Gasteiger partial charge in [-0.1, -0.05) is 36.8 Å². The lowest BCUT2D eigenvalue weighted by Crippen LogP contribution is -2.14. The molecule has 2 aromatic rings. The molecule has 0 saturated heterocycles. The molecule has 3 nitrogen and oxygen atoms in total. The van der Waals surface area contributed by atoms with E-state index in [0.29, 0.717) is 6.04 Å². The molecule has 1 N–H and O–H groups in total. The summed E-state index contributed by atoms with van der Waals surface area (Å²) < 4.78 is 2.02. The number of benzene rings is 1. The molecule has 0 fully saturated rings. The van der Waals surface area contributed by atoms with Crippen LogP contribution in [0.1, 0.15) is 43.1 Å². The fourth-order valence-electron chi connectivity index (χ4n) is 2.47. The summed E-state index contributed by atoms with van der Waals surface area (Å²) in [5.41, 5.74) is 3.62. The first-order valence-corrected chi connectivity index (χ1v) is 7.82. The van der Waals surface area contributed by atoms with E-state index in [9.17, 15) is 5.11 Å². The summed E-state index contributed by atoms with van der Waals surface area (Å²) in [4.78, 5) is 0. The maximum absolute atomic E-state index is 9.63. The highest BCUT2D eigenvalue weighted by atomic mass is 16.3. The Bertz CT molecular complexity index is 545. The van der Waals surface area contributed by atoms with Crippen LogP contribution in [0.2, 0.25) is 0 Å². The maximum Gasteiger partial charge on any atom is 0.0628 e. The first kappa shape index (κ1) is 15.8. The van der Waals surface area contributed by atoms with Crippen molar-refractivity contribution in [2.75, 3.05) is 6.61 Å². The second-order valence-corrected chi connectivity index (χ2v) is 5.99. The fourth-order valence-corrected chi connectivity index (χ4v) is 2.47. The SMILES string of the molecule is CCC(C)n1ccc(CC(CO)Cc2ccc(C)cc2)n1. The zero-order chi connectivity index (χ0) is 15.2. The summed E-state index contributed by atoms with van der Waals surface area (Å²) in [7, 11) is 0. The third-order valence-corrected chi connectivity index (χ3v) is 4.11. The molecule has 2 atom stereocenters. The number of aliphatic hydroxyl groups is 1. The van der Waals surface area contributed by atoms with Crippen LogP contribution in [0.25, 0.3) is 0 Å². The second-order valence-electron chi connectivity index (χ2n) is 5.99. The molecule has 3 heteroatoms. The Morgan fingerprint density at radius 3 is 2.48 bits per heavy atom. The van der Waals surface area contributed by atoms with Crippen LogP contribution in [0, 0.1) is 12.8 Å². The molecule has 0 aliphatic heterocycles. The zero-order valence-corrected chi connectivity index (χ0v) is 13.3. The molecule has 2 rings (SSSR count). The topological polar surface area (TPSA) is 38.0 Å². The zero-order valence-electron chi connectivity index (χ0n) is 13.3. The molecule has 1 aromatic heterocycles. The van der Waals surface area contributed by atoms with E-state index in [1.54, 1.807) is 0 Å². The Kier molecular flexibility index (Phi) is 5.57. The van der Waals surface area contributed by atoms with Crippen LogP contribution < -0.4 is 0 Å². The van der Waals surface area contributed by atoms with Gasteiger partial charge in [-0.25, -0.2) is 0 Å². The van der Waals surface area contributed by atoms with Crippen molar-refractivity contribution in [3.05, 3.63) is 53.3 Å². The van der Waals surface area contributed by atoms with E-state index in [0.717, 1.165) is 25.0 Å². The average molecular weight is 286 g/mol. The number of hydrogen-bond donors (Lipinski definition) is 1. The highest BCUT2D eigenvalue weighted by Gasteiger charge is 2.12. The average Bonchev–Trinajstić information content (AvgIpc) is 2.96. The third kappa shape index (κ3) is 4.43. The van der Waals surface area contributed by atoms with Gasteiger partial charge in [-0.05, 0) is 50.7 Å². The molecule has 114 valence electrons. The van der Waals surface area contributed by atoms with Crippen LogP contribution in [-0.2, 0) is 12.8 Å². The summed E-state index contributed by atoms with van der Waals surface area (Å²) in [6.45, 7) is 6.63. The smallest absolute Gasteiger partial charge is 0.0628 e. The minimum absolute atomic E-state index is 0.198.